The highest BCUT2D eigenvalue weighted by molar-refractivity contribution is 6.01. The number of ketones is 2. The Kier molecular flexibility index (Phi) is 9.41. The van der Waals surface area contributed by atoms with Gasteiger partial charge in [-0.25, -0.2) is 0 Å². The Hall–Kier alpha value is -3.09. The van der Waals surface area contributed by atoms with Gasteiger partial charge in [0.15, 0.2) is 11.6 Å². The van der Waals surface area contributed by atoms with Crippen LogP contribution in [-0.4, -0.2) is 39.7 Å². The number of esters is 1. The van der Waals surface area contributed by atoms with Crippen LogP contribution in [0.25, 0.3) is 0 Å². The van der Waals surface area contributed by atoms with Crippen molar-refractivity contribution in [3.8, 4) is 0 Å². The molecular formula is C47H65NO6. The van der Waals surface area contributed by atoms with Crippen molar-refractivity contribution in [3.63, 3.8) is 0 Å². The molecule has 0 aromatic carbocycles. The average molecular weight is 740 g/mol. The van der Waals surface area contributed by atoms with Crippen LogP contribution in [-0.2, 0) is 29.3 Å². The molecule has 294 valence electrons. The highest BCUT2D eigenvalue weighted by atomic mass is 16.5. The number of nitrogens with zero attached hydrogens (tertiary/aromatic N) is 1. The number of fused-ring (bicyclic) bond motifs is 7. The number of hydrogen-bond donors (Lipinski definition) is 1. The number of pyridine rings is 1. The first kappa shape index (κ1) is 39.2. The molecule has 0 amide bonds. The lowest BCUT2D eigenvalue weighted by Crippen LogP contribution is -2.65. The zero-order valence-electron chi connectivity index (χ0n) is 34.5. The molecule has 7 nitrogen and oxygen atoms in total. The van der Waals surface area contributed by atoms with Gasteiger partial charge in [0.2, 0.25) is 0 Å². The van der Waals surface area contributed by atoms with Gasteiger partial charge in [0.05, 0.1) is 11.8 Å². The Bertz CT molecular complexity index is 1780. The summed E-state index contributed by atoms with van der Waals surface area (Å²) in [4.78, 5) is 57.3. The van der Waals surface area contributed by atoms with Crippen LogP contribution in [0.4, 0.5) is 0 Å². The smallest absolute Gasteiger partial charge is 0.309 e. The van der Waals surface area contributed by atoms with Crippen LogP contribution in [0.5, 0.6) is 0 Å². The third-order valence-electron chi connectivity index (χ3n) is 17.0. The van der Waals surface area contributed by atoms with Crippen molar-refractivity contribution in [2.24, 2.45) is 56.2 Å². The molecule has 0 radical (unpaired) electrons. The molecule has 7 heteroatoms. The molecule has 54 heavy (non-hydrogen) atoms. The number of ether oxygens (including phenoxy) is 1. The summed E-state index contributed by atoms with van der Waals surface area (Å²) in [7, 11) is 0. The fraction of sp³-hybridized carbons (Fsp3) is 0.723. The summed E-state index contributed by atoms with van der Waals surface area (Å²) < 4.78 is 6.17. The number of carboxylic acid groups (broad SMARTS) is 1. The van der Waals surface area contributed by atoms with Crippen LogP contribution in [0.2, 0.25) is 0 Å². The van der Waals surface area contributed by atoms with Gasteiger partial charge in [0.1, 0.15) is 6.10 Å². The third kappa shape index (κ3) is 5.90. The number of allylic oxidation sites excluding steroid dienone is 4. The Balaban J connectivity index is 1.15. The van der Waals surface area contributed by atoms with E-state index in [2.05, 4.69) is 59.5 Å². The van der Waals surface area contributed by atoms with Crippen molar-refractivity contribution in [2.45, 2.75) is 157 Å². The molecule has 0 aliphatic heterocycles. The lowest BCUT2D eigenvalue weighted by atomic mass is 9.33. The van der Waals surface area contributed by atoms with E-state index < -0.39 is 17.4 Å². The Morgan fingerprint density at radius 3 is 2.28 bits per heavy atom. The molecule has 1 aromatic heterocycles. The first-order chi connectivity index (χ1) is 25.2. The van der Waals surface area contributed by atoms with Gasteiger partial charge in [0.25, 0.3) is 0 Å². The monoisotopic (exact) mass is 739 g/mol. The van der Waals surface area contributed by atoms with Gasteiger partial charge in [-0.05, 0) is 147 Å². The Morgan fingerprint density at radius 1 is 0.926 bits per heavy atom. The highest BCUT2D eigenvalue weighted by Gasteiger charge is 2.70. The van der Waals surface area contributed by atoms with E-state index in [1.807, 2.05) is 30.5 Å². The minimum atomic E-state index is -1.16. The standard InChI is InChI=1S/C47H65NO6/c1-29(2)38-32(50)27-47(20-15-30(49)26-46(23-24-46)35-12-10-11-25-48-35)22-21-44(8)31(39(38)47)13-14-34-43(7)18-17-36(54-37(51)28-41(3,4)40(52)53)42(5,6)33(43)16-19-45(34,44)9/h10-12,15,20,25,29,31,33-34,36H,13-14,16-19,21-24,26-28H2,1-9H3,(H,52,53)/b20-15+/t31-,33+,34-,36+,43+,44-,45-,47+/m1/s1. The van der Waals surface area contributed by atoms with Crippen molar-refractivity contribution >= 4 is 23.5 Å². The number of rotatable bonds is 10. The molecule has 5 saturated carbocycles. The SMILES string of the molecule is CC(C)C1=C2[C@H]3CC[C@@H]4[C@@]5(C)CC[C@H](OC(=O)CC(C)(C)C(=O)O)C(C)(C)[C@@H]5CC[C@@]4(C)[C@]3(C)CC[C@@]2(/C=C/C(=O)CC2(c3ccccn3)CC2)CC1=O. The van der Waals surface area contributed by atoms with Crippen LogP contribution in [0.1, 0.15) is 151 Å². The van der Waals surface area contributed by atoms with E-state index in [1.54, 1.807) is 13.8 Å². The summed E-state index contributed by atoms with van der Waals surface area (Å²) in [6.45, 7) is 19.7. The van der Waals surface area contributed by atoms with Crippen LogP contribution < -0.4 is 0 Å². The molecule has 1 aromatic rings. The van der Waals surface area contributed by atoms with Gasteiger partial charge in [-0.3, -0.25) is 24.2 Å². The maximum absolute atomic E-state index is 14.1. The number of aromatic nitrogens is 1. The number of aliphatic carboxylic acids is 1. The van der Waals surface area contributed by atoms with Gasteiger partial charge in [-0.1, -0.05) is 60.6 Å². The van der Waals surface area contributed by atoms with E-state index in [-0.39, 0.29) is 62.5 Å². The fourth-order valence-corrected chi connectivity index (χ4v) is 13.7. The molecule has 0 bridgehead atoms. The summed E-state index contributed by atoms with van der Waals surface area (Å²) in [5, 5.41) is 9.62. The van der Waals surface area contributed by atoms with Crippen molar-refractivity contribution in [2.75, 3.05) is 0 Å². The highest BCUT2D eigenvalue weighted by Crippen LogP contribution is 2.77. The predicted molar refractivity (Wildman–Crippen MR) is 209 cm³/mol. The predicted octanol–water partition coefficient (Wildman–Crippen LogP) is 10.0. The fourth-order valence-electron chi connectivity index (χ4n) is 13.7. The largest absolute Gasteiger partial charge is 0.481 e. The van der Waals surface area contributed by atoms with E-state index in [0.717, 1.165) is 75.5 Å². The van der Waals surface area contributed by atoms with Gasteiger partial charge >= 0.3 is 11.9 Å². The zero-order valence-corrected chi connectivity index (χ0v) is 34.5. The molecule has 5 fully saturated rings. The second-order valence-electron chi connectivity index (χ2n) is 21.0. The first-order valence-electron chi connectivity index (χ1n) is 21.0. The summed E-state index contributed by atoms with van der Waals surface area (Å²) in [6.07, 6.45) is 16.4. The molecular weight excluding hydrogens is 675 g/mol. The number of carboxylic acids is 1. The number of carbonyl (C=O) groups is 4. The van der Waals surface area contributed by atoms with Crippen LogP contribution in [0, 0.1) is 56.2 Å². The van der Waals surface area contributed by atoms with E-state index in [0.29, 0.717) is 30.6 Å². The summed E-state index contributed by atoms with van der Waals surface area (Å²) in [5.41, 5.74) is 1.62. The van der Waals surface area contributed by atoms with Crippen LogP contribution in [0.15, 0.2) is 47.7 Å². The van der Waals surface area contributed by atoms with Crippen molar-refractivity contribution in [1.82, 2.24) is 4.98 Å². The molecule has 0 saturated heterocycles. The second-order valence-corrected chi connectivity index (χ2v) is 21.0. The molecule has 6 aliphatic carbocycles. The normalized spacial score (nSPS) is 38.0. The van der Waals surface area contributed by atoms with E-state index in [1.165, 1.54) is 5.57 Å². The number of hydrogen-bond acceptors (Lipinski definition) is 6. The molecule has 0 unspecified atom stereocenters. The van der Waals surface area contributed by atoms with E-state index in [4.69, 9.17) is 4.74 Å². The minimum Gasteiger partial charge on any atom is -0.481 e. The number of Topliss-reactive ketones (excluding diaryl/α,β-unsaturated/α-hetero) is 1. The molecule has 1 heterocycles. The van der Waals surface area contributed by atoms with Crippen LogP contribution >= 0.6 is 0 Å². The summed E-state index contributed by atoms with van der Waals surface area (Å²) in [5.74, 6) is 0.313. The Morgan fingerprint density at radius 2 is 1.65 bits per heavy atom. The molecule has 8 atom stereocenters. The van der Waals surface area contributed by atoms with Gasteiger partial charge in [-0.2, -0.15) is 0 Å². The molecule has 1 N–H and O–H groups in total. The molecule has 7 rings (SSSR count). The Labute approximate surface area is 323 Å². The minimum absolute atomic E-state index is 0.0122. The number of carbonyl (C=O) groups excluding carboxylic acids is 3. The molecule has 6 aliphatic rings. The maximum atomic E-state index is 14.1. The van der Waals surface area contributed by atoms with Crippen molar-refractivity contribution in [3.05, 3.63) is 53.4 Å². The average Bonchev–Trinajstić information content (AvgIpc) is 3.80. The van der Waals surface area contributed by atoms with Crippen LogP contribution in [0.3, 0.4) is 0 Å². The van der Waals surface area contributed by atoms with E-state index in [9.17, 15) is 24.3 Å². The third-order valence-corrected chi connectivity index (χ3v) is 17.0. The van der Waals surface area contributed by atoms with Crippen molar-refractivity contribution < 1.29 is 29.0 Å². The quantitative estimate of drug-likeness (QED) is 0.188. The zero-order chi connectivity index (χ0) is 39.3. The first-order valence-corrected chi connectivity index (χ1v) is 21.0. The topological polar surface area (TPSA) is 111 Å². The summed E-state index contributed by atoms with van der Waals surface area (Å²) >= 11 is 0. The lowest BCUT2D eigenvalue weighted by Gasteiger charge is -2.72. The maximum Gasteiger partial charge on any atom is 0.309 e. The van der Waals surface area contributed by atoms with Gasteiger partial charge in [0, 0.05) is 41.0 Å². The lowest BCUT2D eigenvalue weighted by molar-refractivity contribution is -0.232. The van der Waals surface area contributed by atoms with Gasteiger partial charge in [-0.15, -0.1) is 0 Å². The van der Waals surface area contributed by atoms with E-state index >= 15 is 0 Å². The van der Waals surface area contributed by atoms with Gasteiger partial charge < -0.3 is 9.84 Å². The second kappa shape index (κ2) is 13.0. The molecule has 0 spiro atoms. The summed E-state index contributed by atoms with van der Waals surface area (Å²) in [6, 6.07) is 5.98. The van der Waals surface area contributed by atoms with Crippen molar-refractivity contribution in [1.29, 1.82) is 0 Å².